The zero-order valence-corrected chi connectivity index (χ0v) is 10.1. The molecule has 0 N–H and O–H groups in total. The van der Waals surface area contributed by atoms with Gasteiger partial charge in [-0.05, 0) is 35.9 Å². The minimum Gasteiger partial charge on any atom is -0.197 e. The van der Waals surface area contributed by atoms with Crippen molar-refractivity contribution in [3.8, 4) is 6.07 Å². The summed E-state index contributed by atoms with van der Waals surface area (Å²) in [5, 5.41) is 12.6. The molecule has 1 saturated carbocycles. The monoisotopic (exact) mass is 238 g/mol. The third-order valence-electron chi connectivity index (χ3n) is 3.17. The van der Waals surface area contributed by atoms with Crippen LogP contribution in [-0.2, 0) is 5.41 Å². The van der Waals surface area contributed by atoms with Crippen LogP contribution in [0.1, 0.15) is 30.4 Å². The Hall–Kier alpha value is -2.24. The van der Waals surface area contributed by atoms with Gasteiger partial charge in [0.15, 0.2) is 0 Å². The fraction of sp³-hybridized carbons (Fsp3) is 0.357. The van der Waals surface area contributed by atoms with Crippen LogP contribution in [-0.4, -0.2) is 6.54 Å². The lowest BCUT2D eigenvalue weighted by molar-refractivity contribution is 0.908. The van der Waals surface area contributed by atoms with Crippen molar-refractivity contribution in [3.05, 3.63) is 51.9 Å². The zero-order chi connectivity index (χ0) is 12.8. The predicted molar refractivity (Wildman–Crippen MR) is 70.6 cm³/mol. The molecule has 1 aliphatic rings. The Labute approximate surface area is 106 Å². The predicted octanol–water partition coefficient (Wildman–Crippen LogP) is 3.96. The molecule has 0 radical (unpaired) electrons. The zero-order valence-electron chi connectivity index (χ0n) is 10.1. The van der Waals surface area contributed by atoms with Crippen LogP contribution in [0, 0.1) is 11.3 Å². The van der Waals surface area contributed by atoms with E-state index in [9.17, 15) is 0 Å². The molecule has 1 fully saturated rings. The van der Waals surface area contributed by atoms with E-state index in [-0.39, 0.29) is 5.41 Å². The molecule has 0 unspecified atom stereocenters. The van der Waals surface area contributed by atoms with Crippen LogP contribution >= 0.6 is 0 Å². The Balaban J connectivity index is 2.04. The van der Waals surface area contributed by atoms with Gasteiger partial charge in [0.25, 0.3) is 0 Å². The Kier molecular flexibility index (Phi) is 3.66. The van der Waals surface area contributed by atoms with Gasteiger partial charge >= 0.3 is 0 Å². The van der Waals surface area contributed by atoms with E-state index in [1.54, 1.807) is 0 Å². The summed E-state index contributed by atoms with van der Waals surface area (Å²) in [5.74, 6) is 0. The molecule has 4 nitrogen and oxygen atoms in total. The molecule has 0 atom stereocenters. The van der Waals surface area contributed by atoms with Gasteiger partial charge in [-0.3, -0.25) is 0 Å². The second-order valence-corrected chi connectivity index (χ2v) is 4.46. The molecule has 0 spiro atoms. The highest BCUT2D eigenvalue weighted by Crippen LogP contribution is 2.47. The van der Waals surface area contributed by atoms with E-state index >= 15 is 0 Å². The highest BCUT2D eigenvalue weighted by molar-refractivity contribution is 5.53. The molecule has 0 bridgehead atoms. The van der Waals surface area contributed by atoms with Gasteiger partial charge in [-0.15, -0.1) is 0 Å². The average Bonchev–Trinajstić information content (AvgIpc) is 3.20. The maximum absolute atomic E-state index is 9.16. The summed E-state index contributed by atoms with van der Waals surface area (Å²) >= 11 is 0. The van der Waals surface area contributed by atoms with Gasteiger partial charge < -0.3 is 0 Å². The lowest BCUT2D eigenvalue weighted by atomic mass is 9.96. The smallest absolute Gasteiger partial charge is 0.0824 e. The van der Waals surface area contributed by atoms with Crippen LogP contribution in [0.3, 0.4) is 0 Å². The summed E-state index contributed by atoms with van der Waals surface area (Å²) in [5.41, 5.74) is 10.1. The molecule has 0 heterocycles. The SMILES string of the molecule is N#CC1(c2cccc(C=CCCN=[N+]=[N-])c2)CC1. The van der Waals surface area contributed by atoms with Crippen LogP contribution in [0.4, 0.5) is 0 Å². The summed E-state index contributed by atoms with van der Waals surface area (Å²) < 4.78 is 0. The van der Waals surface area contributed by atoms with E-state index in [0.29, 0.717) is 6.54 Å². The average molecular weight is 238 g/mol. The standard InChI is InChI=1S/C14H14N4/c15-11-14(7-8-14)13-6-3-5-12(10-13)4-1-2-9-17-18-16/h1,3-6,10H,2,7-9H2. The largest absolute Gasteiger partial charge is 0.197 e. The molecule has 2 rings (SSSR count). The summed E-state index contributed by atoms with van der Waals surface area (Å²) in [6.07, 6.45) is 6.66. The first-order valence-corrected chi connectivity index (χ1v) is 6.00. The van der Waals surface area contributed by atoms with Gasteiger partial charge in [-0.1, -0.05) is 41.5 Å². The summed E-state index contributed by atoms with van der Waals surface area (Å²) in [6.45, 7) is 0.481. The van der Waals surface area contributed by atoms with E-state index in [1.807, 2.05) is 30.4 Å². The molecule has 18 heavy (non-hydrogen) atoms. The molecule has 0 aromatic heterocycles. The number of hydrogen-bond donors (Lipinski definition) is 0. The van der Waals surface area contributed by atoms with Gasteiger partial charge in [0, 0.05) is 11.5 Å². The molecular formula is C14H14N4. The van der Waals surface area contributed by atoms with Gasteiger partial charge in [0.2, 0.25) is 0 Å². The summed E-state index contributed by atoms with van der Waals surface area (Å²) in [7, 11) is 0. The molecule has 0 amide bonds. The van der Waals surface area contributed by atoms with Crippen molar-refractivity contribution in [1.82, 2.24) is 0 Å². The van der Waals surface area contributed by atoms with Crippen molar-refractivity contribution in [1.29, 1.82) is 5.26 Å². The first-order valence-electron chi connectivity index (χ1n) is 6.00. The highest BCUT2D eigenvalue weighted by atomic mass is 15.1. The van der Waals surface area contributed by atoms with Crippen LogP contribution in [0.2, 0.25) is 0 Å². The Morgan fingerprint density at radius 3 is 3.00 bits per heavy atom. The quantitative estimate of drug-likeness (QED) is 0.331. The van der Waals surface area contributed by atoms with Crippen molar-refractivity contribution in [2.75, 3.05) is 6.54 Å². The lowest BCUT2D eigenvalue weighted by Crippen LogP contribution is -2.01. The Bertz CT molecular complexity index is 543. The van der Waals surface area contributed by atoms with Crippen molar-refractivity contribution < 1.29 is 0 Å². The molecular weight excluding hydrogens is 224 g/mol. The van der Waals surface area contributed by atoms with Gasteiger partial charge in [0.05, 0.1) is 11.5 Å². The molecule has 1 aromatic rings. The second kappa shape index (κ2) is 5.39. The van der Waals surface area contributed by atoms with Gasteiger partial charge in [-0.2, -0.15) is 5.26 Å². The normalized spacial score (nSPS) is 15.9. The lowest BCUT2D eigenvalue weighted by Gasteiger charge is -2.06. The van der Waals surface area contributed by atoms with E-state index in [4.69, 9.17) is 10.8 Å². The van der Waals surface area contributed by atoms with Crippen LogP contribution in [0.25, 0.3) is 16.5 Å². The number of azide groups is 1. The number of rotatable bonds is 5. The fourth-order valence-electron chi connectivity index (χ4n) is 1.93. The van der Waals surface area contributed by atoms with Crippen molar-refractivity contribution >= 4 is 6.08 Å². The highest BCUT2D eigenvalue weighted by Gasteiger charge is 2.44. The molecule has 90 valence electrons. The van der Waals surface area contributed by atoms with Gasteiger partial charge in [-0.25, -0.2) is 0 Å². The van der Waals surface area contributed by atoms with E-state index in [0.717, 1.165) is 30.4 Å². The van der Waals surface area contributed by atoms with E-state index in [2.05, 4.69) is 22.2 Å². The minimum atomic E-state index is -0.227. The Morgan fingerprint density at radius 1 is 1.50 bits per heavy atom. The first kappa shape index (κ1) is 12.2. The topological polar surface area (TPSA) is 72.5 Å². The van der Waals surface area contributed by atoms with E-state index < -0.39 is 0 Å². The number of nitriles is 1. The summed E-state index contributed by atoms with van der Waals surface area (Å²) in [4.78, 5) is 2.70. The first-order chi connectivity index (χ1) is 8.80. The molecule has 4 heteroatoms. The molecule has 1 aromatic carbocycles. The van der Waals surface area contributed by atoms with E-state index in [1.165, 1.54) is 0 Å². The maximum Gasteiger partial charge on any atom is 0.0824 e. The Morgan fingerprint density at radius 2 is 2.33 bits per heavy atom. The van der Waals surface area contributed by atoms with Crippen LogP contribution < -0.4 is 0 Å². The fourth-order valence-corrected chi connectivity index (χ4v) is 1.93. The molecule has 0 aliphatic heterocycles. The second-order valence-electron chi connectivity index (χ2n) is 4.46. The molecule has 1 aliphatic carbocycles. The van der Waals surface area contributed by atoms with Crippen molar-refractivity contribution in [2.45, 2.75) is 24.7 Å². The summed E-state index contributed by atoms with van der Waals surface area (Å²) in [6, 6.07) is 10.5. The third-order valence-corrected chi connectivity index (χ3v) is 3.17. The van der Waals surface area contributed by atoms with Crippen LogP contribution in [0.15, 0.2) is 35.5 Å². The van der Waals surface area contributed by atoms with Crippen LogP contribution in [0.5, 0.6) is 0 Å². The maximum atomic E-state index is 9.16. The van der Waals surface area contributed by atoms with Crippen molar-refractivity contribution in [2.24, 2.45) is 5.11 Å². The molecule has 0 saturated heterocycles. The minimum absolute atomic E-state index is 0.227. The van der Waals surface area contributed by atoms with Gasteiger partial charge in [0.1, 0.15) is 0 Å². The van der Waals surface area contributed by atoms with Crippen molar-refractivity contribution in [3.63, 3.8) is 0 Å². The number of nitrogens with zero attached hydrogens (tertiary/aromatic N) is 4. The number of benzene rings is 1. The third kappa shape index (κ3) is 2.71. The number of hydrogen-bond acceptors (Lipinski definition) is 2.